The van der Waals surface area contributed by atoms with Crippen molar-refractivity contribution in [2.24, 2.45) is 4.99 Å². The third kappa shape index (κ3) is 2.63. The van der Waals surface area contributed by atoms with Crippen molar-refractivity contribution in [3.8, 4) is 0 Å². The van der Waals surface area contributed by atoms with Crippen molar-refractivity contribution in [1.29, 1.82) is 0 Å². The van der Waals surface area contributed by atoms with E-state index in [4.69, 9.17) is 23.2 Å². The lowest BCUT2D eigenvalue weighted by molar-refractivity contribution is 0.450. The topological polar surface area (TPSA) is 15.6 Å². The average molecular weight is 394 g/mol. The van der Waals surface area contributed by atoms with Crippen molar-refractivity contribution < 1.29 is 0 Å². The van der Waals surface area contributed by atoms with Gasteiger partial charge >= 0.3 is 0 Å². The molecular weight excluding hydrogens is 379 g/mol. The van der Waals surface area contributed by atoms with Crippen LogP contribution in [0, 0.1) is 0 Å². The number of fused-ring (bicyclic) bond motifs is 1. The molecule has 0 bridgehead atoms. The molecule has 0 saturated heterocycles. The van der Waals surface area contributed by atoms with Crippen molar-refractivity contribution in [1.82, 2.24) is 4.90 Å². The molecule has 0 amide bonds. The van der Waals surface area contributed by atoms with Crippen LogP contribution in [0.4, 0.5) is 0 Å². The van der Waals surface area contributed by atoms with E-state index >= 15 is 0 Å². The van der Waals surface area contributed by atoms with Crippen molar-refractivity contribution in [3.63, 3.8) is 0 Å². The Bertz CT molecular complexity index is 599. The van der Waals surface area contributed by atoms with Crippen LogP contribution in [-0.4, -0.2) is 23.2 Å². The molecule has 2 heterocycles. The Morgan fingerprint density at radius 1 is 1.25 bits per heavy atom. The molecular formula is C14H15BrCl2N2S. The maximum atomic E-state index is 6.14. The first-order valence-corrected chi connectivity index (χ1v) is 7.78. The molecule has 0 atom stereocenters. The summed E-state index contributed by atoms with van der Waals surface area (Å²) in [5, 5.41) is 4.51. The van der Waals surface area contributed by atoms with Crippen LogP contribution in [0.3, 0.4) is 0 Å². The van der Waals surface area contributed by atoms with Gasteiger partial charge in [0.05, 0.1) is 16.6 Å². The van der Waals surface area contributed by atoms with Gasteiger partial charge in [-0.15, -0.1) is 17.0 Å². The second kappa shape index (κ2) is 5.91. The number of nitrogens with zero attached hydrogens (tertiary/aromatic N) is 2. The van der Waals surface area contributed by atoms with Gasteiger partial charge in [0.1, 0.15) is 0 Å². The van der Waals surface area contributed by atoms with Gasteiger partial charge in [-0.3, -0.25) is 4.99 Å². The molecule has 2 nitrogen and oxygen atoms in total. The number of benzene rings is 1. The summed E-state index contributed by atoms with van der Waals surface area (Å²) in [5.41, 5.74) is 2.34. The number of aliphatic imine (C=N–C) groups is 1. The fraction of sp³-hybridized carbons (Fsp3) is 0.357. The van der Waals surface area contributed by atoms with Gasteiger partial charge in [0.2, 0.25) is 0 Å². The third-order valence-corrected chi connectivity index (χ3v) is 5.29. The Kier molecular flexibility index (Phi) is 4.80. The fourth-order valence-corrected chi connectivity index (χ4v) is 3.86. The van der Waals surface area contributed by atoms with Gasteiger partial charge in [-0.1, -0.05) is 54.9 Å². The van der Waals surface area contributed by atoms with E-state index in [1.807, 2.05) is 18.2 Å². The van der Waals surface area contributed by atoms with Crippen LogP contribution in [-0.2, 0) is 5.41 Å². The second-order valence-corrected chi connectivity index (χ2v) is 6.84. The second-order valence-electron chi connectivity index (χ2n) is 5.19. The summed E-state index contributed by atoms with van der Waals surface area (Å²) in [7, 11) is 0. The lowest BCUT2D eigenvalue weighted by Gasteiger charge is -2.32. The molecule has 0 unspecified atom stereocenters. The smallest absolute Gasteiger partial charge is 0.167 e. The van der Waals surface area contributed by atoms with Crippen molar-refractivity contribution in [2.75, 3.05) is 13.1 Å². The average Bonchev–Trinajstić information content (AvgIpc) is 2.94. The van der Waals surface area contributed by atoms with Crippen LogP contribution in [0.1, 0.15) is 19.4 Å². The van der Waals surface area contributed by atoms with Crippen molar-refractivity contribution in [3.05, 3.63) is 44.9 Å². The van der Waals surface area contributed by atoms with Gasteiger partial charge < -0.3 is 4.90 Å². The van der Waals surface area contributed by atoms with E-state index in [-0.39, 0.29) is 22.4 Å². The highest BCUT2D eigenvalue weighted by atomic mass is 79.9. The third-order valence-electron chi connectivity index (χ3n) is 3.65. The predicted octanol–water partition coefficient (Wildman–Crippen LogP) is 5.11. The summed E-state index contributed by atoms with van der Waals surface area (Å²) in [6.45, 7) is 6.27. The molecule has 1 aromatic rings. The van der Waals surface area contributed by atoms with Crippen molar-refractivity contribution >= 4 is 57.1 Å². The van der Waals surface area contributed by atoms with E-state index < -0.39 is 0 Å². The SMILES string of the molecule is Br.CC(C)(C1=CSC2=NCCN12)c1ccc(Cl)c(Cl)c1. The largest absolute Gasteiger partial charge is 0.321 e. The highest BCUT2D eigenvalue weighted by Crippen LogP contribution is 2.42. The summed E-state index contributed by atoms with van der Waals surface area (Å²) in [6.07, 6.45) is 0. The van der Waals surface area contributed by atoms with E-state index in [0.29, 0.717) is 10.0 Å². The Morgan fingerprint density at radius 3 is 2.70 bits per heavy atom. The van der Waals surface area contributed by atoms with Crippen LogP contribution in [0.2, 0.25) is 10.0 Å². The minimum atomic E-state index is -0.108. The molecule has 0 radical (unpaired) electrons. The molecule has 2 aliphatic heterocycles. The molecule has 0 aliphatic carbocycles. The Morgan fingerprint density at radius 2 is 2.00 bits per heavy atom. The zero-order chi connectivity index (χ0) is 13.6. The molecule has 0 aromatic heterocycles. The standard InChI is InChI=1S/C14H14Cl2N2S.BrH/c1-14(2,9-3-4-10(15)11(16)7-9)12-8-19-13-17-5-6-18(12)13;/h3-4,7-8H,5-6H2,1-2H3;1H. The molecule has 2 aliphatic rings. The van der Waals surface area contributed by atoms with E-state index in [9.17, 15) is 0 Å². The van der Waals surface area contributed by atoms with Gasteiger partial charge in [0.15, 0.2) is 5.17 Å². The van der Waals surface area contributed by atoms with Gasteiger partial charge in [0.25, 0.3) is 0 Å². The number of hydrogen-bond donors (Lipinski definition) is 0. The predicted molar refractivity (Wildman–Crippen MR) is 94.5 cm³/mol. The summed E-state index contributed by atoms with van der Waals surface area (Å²) in [6, 6.07) is 5.87. The zero-order valence-corrected chi connectivity index (χ0v) is 15.2. The Labute approximate surface area is 144 Å². The van der Waals surface area contributed by atoms with Crippen LogP contribution in [0.15, 0.2) is 34.3 Å². The first-order valence-electron chi connectivity index (χ1n) is 6.15. The molecule has 0 N–H and O–H groups in total. The zero-order valence-electron chi connectivity index (χ0n) is 11.2. The van der Waals surface area contributed by atoms with E-state index in [0.717, 1.165) is 18.3 Å². The van der Waals surface area contributed by atoms with Crippen LogP contribution < -0.4 is 0 Å². The number of halogens is 3. The molecule has 0 saturated carbocycles. The first-order chi connectivity index (χ1) is 9.00. The quantitative estimate of drug-likeness (QED) is 0.693. The summed E-state index contributed by atoms with van der Waals surface area (Å²) in [5.74, 6) is 0. The maximum Gasteiger partial charge on any atom is 0.167 e. The number of amidine groups is 1. The van der Waals surface area contributed by atoms with Crippen molar-refractivity contribution in [2.45, 2.75) is 19.3 Å². The molecule has 108 valence electrons. The van der Waals surface area contributed by atoms with Gasteiger partial charge in [-0.25, -0.2) is 0 Å². The molecule has 20 heavy (non-hydrogen) atoms. The van der Waals surface area contributed by atoms with Gasteiger partial charge in [0, 0.05) is 17.7 Å². The maximum absolute atomic E-state index is 6.14. The van der Waals surface area contributed by atoms with E-state index in [1.165, 1.54) is 11.3 Å². The molecule has 6 heteroatoms. The van der Waals surface area contributed by atoms with Crippen LogP contribution in [0.25, 0.3) is 0 Å². The highest BCUT2D eigenvalue weighted by molar-refractivity contribution is 8.93. The van der Waals surface area contributed by atoms with Gasteiger partial charge in [-0.2, -0.15) is 0 Å². The van der Waals surface area contributed by atoms with E-state index in [1.54, 1.807) is 11.8 Å². The monoisotopic (exact) mass is 392 g/mol. The summed E-state index contributed by atoms with van der Waals surface area (Å²) >= 11 is 13.8. The Hall–Kier alpha value is -0.160. The molecule has 1 aromatic carbocycles. The molecule has 3 rings (SSSR count). The fourth-order valence-electron chi connectivity index (χ4n) is 2.44. The number of rotatable bonds is 2. The summed E-state index contributed by atoms with van der Waals surface area (Å²) in [4.78, 5) is 6.79. The van der Waals surface area contributed by atoms with Crippen LogP contribution in [0.5, 0.6) is 0 Å². The van der Waals surface area contributed by atoms with Gasteiger partial charge in [-0.05, 0) is 23.1 Å². The van der Waals surface area contributed by atoms with Crippen LogP contribution >= 0.6 is 51.9 Å². The van der Waals surface area contributed by atoms with E-state index in [2.05, 4.69) is 29.1 Å². The first kappa shape index (κ1) is 16.2. The summed E-state index contributed by atoms with van der Waals surface area (Å²) < 4.78 is 0. The normalized spacial score (nSPS) is 17.5. The minimum absolute atomic E-state index is 0. The minimum Gasteiger partial charge on any atom is -0.321 e. The number of hydrogen-bond acceptors (Lipinski definition) is 3. The lowest BCUT2D eigenvalue weighted by Crippen LogP contribution is -2.33. The Balaban J connectivity index is 0.00000147. The lowest BCUT2D eigenvalue weighted by atomic mass is 9.81. The number of thioether (sulfide) groups is 1. The highest BCUT2D eigenvalue weighted by Gasteiger charge is 2.37. The molecule has 0 spiro atoms. The molecule has 0 fully saturated rings. The number of allylic oxidation sites excluding steroid dienone is 1.